The molecule has 7 heteroatoms. The Kier molecular flexibility index (Phi) is 4.27. The van der Waals surface area contributed by atoms with Crippen LogP contribution in [-0.4, -0.2) is 61.3 Å². The molecule has 14 heavy (non-hydrogen) atoms. The molecule has 0 aromatic rings. The van der Waals surface area contributed by atoms with Crippen molar-refractivity contribution in [1.82, 2.24) is 4.90 Å². The normalized spacial score (nSPS) is 22.1. The van der Waals surface area contributed by atoms with Gasteiger partial charge in [-0.3, -0.25) is 9.45 Å². The molecule has 0 aliphatic carbocycles. The summed E-state index contributed by atoms with van der Waals surface area (Å²) in [6.07, 6.45) is 0.0266. The lowest BCUT2D eigenvalue weighted by atomic mass is 10.3. The third-order valence-electron chi connectivity index (χ3n) is 2.14. The molecule has 6 nitrogen and oxygen atoms in total. The molecule has 0 bridgehead atoms. The highest BCUT2D eigenvalue weighted by Crippen LogP contribution is 2.04. The van der Waals surface area contributed by atoms with E-state index in [-0.39, 0.29) is 6.42 Å². The fourth-order valence-electron chi connectivity index (χ4n) is 1.27. The first-order chi connectivity index (χ1) is 6.50. The number of hydrogen-bond donors (Lipinski definition) is 2. The molecule has 1 rings (SSSR count). The number of hydrogen-bond acceptors (Lipinski definition) is 5. The molecule has 0 saturated carbocycles. The Labute approximate surface area is 83.2 Å². The molecule has 1 fully saturated rings. The van der Waals surface area contributed by atoms with Crippen LogP contribution in [0.5, 0.6) is 0 Å². The first-order valence-corrected chi connectivity index (χ1v) is 5.95. The van der Waals surface area contributed by atoms with Crippen molar-refractivity contribution in [3.8, 4) is 0 Å². The van der Waals surface area contributed by atoms with Gasteiger partial charge < -0.3 is 9.84 Å². The fraction of sp³-hybridized carbons (Fsp3) is 1.00. The molecule has 0 aromatic carbocycles. The predicted molar refractivity (Wildman–Crippen MR) is 49.4 cm³/mol. The second-order valence-electron chi connectivity index (χ2n) is 3.21. The minimum atomic E-state index is -4.31. The summed E-state index contributed by atoms with van der Waals surface area (Å²) in [4.78, 5) is 1.98. The van der Waals surface area contributed by atoms with Gasteiger partial charge >= 0.3 is 0 Å². The van der Waals surface area contributed by atoms with Crippen molar-refractivity contribution in [2.45, 2.75) is 11.9 Å². The summed E-state index contributed by atoms with van der Waals surface area (Å²) in [5.41, 5.74) is -1.68. The van der Waals surface area contributed by atoms with E-state index >= 15 is 0 Å². The number of ether oxygens (including phenoxy) is 1. The Morgan fingerprint density at radius 3 is 2.43 bits per heavy atom. The maximum atomic E-state index is 10.5. The van der Waals surface area contributed by atoms with Crippen molar-refractivity contribution in [3.63, 3.8) is 0 Å². The molecule has 2 N–H and O–H groups in total. The van der Waals surface area contributed by atoms with Crippen LogP contribution in [0.3, 0.4) is 0 Å². The zero-order valence-corrected chi connectivity index (χ0v) is 8.61. The summed E-state index contributed by atoms with van der Waals surface area (Å²) < 4.78 is 34.5. The number of nitrogens with zero attached hydrogens (tertiary/aromatic N) is 1. The lowest BCUT2D eigenvalue weighted by molar-refractivity contribution is 0.0337. The average molecular weight is 225 g/mol. The van der Waals surface area contributed by atoms with Gasteiger partial charge in [-0.25, -0.2) is 0 Å². The molecule has 1 heterocycles. The standard InChI is InChI=1S/C7H15NO5S/c9-7(14(10,11)12)1-2-8-3-5-13-6-4-8/h7,9H,1-6H2,(H,10,11,12). The maximum Gasteiger partial charge on any atom is 0.292 e. The zero-order valence-electron chi connectivity index (χ0n) is 7.79. The van der Waals surface area contributed by atoms with Crippen LogP contribution in [-0.2, 0) is 14.9 Å². The van der Waals surface area contributed by atoms with Crippen molar-refractivity contribution < 1.29 is 22.8 Å². The van der Waals surface area contributed by atoms with Gasteiger partial charge in [0.15, 0.2) is 5.44 Å². The van der Waals surface area contributed by atoms with Gasteiger partial charge in [-0.2, -0.15) is 8.42 Å². The van der Waals surface area contributed by atoms with Gasteiger partial charge in [0.2, 0.25) is 0 Å². The van der Waals surface area contributed by atoms with Crippen LogP contribution in [0, 0.1) is 0 Å². The molecule has 0 aromatic heterocycles. The van der Waals surface area contributed by atoms with E-state index in [1.54, 1.807) is 0 Å². The van der Waals surface area contributed by atoms with Crippen molar-refractivity contribution in [3.05, 3.63) is 0 Å². The smallest absolute Gasteiger partial charge is 0.292 e. The second-order valence-corrected chi connectivity index (χ2v) is 4.79. The van der Waals surface area contributed by atoms with Crippen molar-refractivity contribution in [2.24, 2.45) is 0 Å². The summed E-state index contributed by atoms with van der Waals surface area (Å²) in [5.74, 6) is 0. The van der Waals surface area contributed by atoms with Gasteiger partial charge in [-0.15, -0.1) is 0 Å². The first-order valence-electron chi connectivity index (χ1n) is 4.44. The molecule has 0 radical (unpaired) electrons. The van der Waals surface area contributed by atoms with Crippen molar-refractivity contribution >= 4 is 10.1 Å². The summed E-state index contributed by atoms with van der Waals surface area (Å²) in [5, 5.41) is 9.02. The Balaban J connectivity index is 2.25. The summed E-state index contributed by atoms with van der Waals surface area (Å²) in [6, 6.07) is 0. The van der Waals surface area contributed by atoms with Crippen molar-refractivity contribution in [2.75, 3.05) is 32.8 Å². The molecule has 1 unspecified atom stereocenters. The largest absolute Gasteiger partial charge is 0.379 e. The number of rotatable bonds is 4. The topological polar surface area (TPSA) is 87.1 Å². The Hall–Kier alpha value is -0.210. The number of aliphatic hydroxyl groups excluding tert-OH is 1. The molecule has 0 spiro atoms. The number of aliphatic hydroxyl groups is 1. The van der Waals surface area contributed by atoms with Crippen LogP contribution in [0.15, 0.2) is 0 Å². The Bertz CT molecular complexity index is 259. The van der Waals surface area contributed by atoms with E-state index in [0.29, 0.717) is 19.8 Å². The van der Waals surface area contributed by atoms with Gasteiger partial charge in [0, 0.05) is 26.1 Å². The molecule has 0 amide bonds. The SMILES string of the molecule is O=S(=O)(O)C(O)CCN1CCOCC1. The van der Waals surface area contributed by atoms with E-state index in [4.69, 9.17) is 14.4 Å². The van der Waals surface area contributed by atoms with Gasteiger partial charge in [0.25, 0.3) is 10.1 Å². The van der Waals surface area contributed by atoms with Crippen LogP contribution in [0.1, 0.15) is 6.42 Å². The van der Waals surface area contributed by atoms with Gasteiger partial charge in [0.05, 0.1) is 13.2 Å². The Morgan fingerprint density at radius 2 is 1.93 bits per heavy atom. The zero-order chi connectivity index (χ0) is 10.6. The highest BCUT2D eigenvalue weighted by molar-refractivity contribution is 7.86. The Morgan fingerprint density at radius 1 is 1.36 bits per heavy atom. The van der Waals surface area contributed by atoms with E-state index < -0.39 is 15.6 Å². The molecular formula is C7H15NO5S. The lowest BCUT2D eigenvalue weighted by Gasteiger charge is -2.26. The van der Waals surface area contributed by atoms with E-state index in [1.165, 1.54) is 0 Å². The minimum Gasteiger partial charge on any atom is -0.379 e. The number of morpholine rings is 1. The summed E-state index contributed by atoms with van der Waals surface area (Å²) >= 11 is 0. The van der Waals surface area contributed by atoms with E-state index in [9.17, 15) is 8.42 Å². The van der Waals surface area contributed by atoms with Crippen LogP contribution >= 0.6 is 0 Å². The minimum absolute atomic E-state index is 0.0266. The van der Waals surface area contributed by atoms with Crippen LogP contribution in [0.25, 0.3) is 0 Å². The summed E-state index contributed by atoms with van der Waals surface area (Å²) in [6.45, 7) is 3.17. The van der Waals surface area contributed by atoms with Gasteiger partial charge in [0.1, 0.15) is 0 Å². The van der Waals surface area contributed by atoms with Crippen LogP contribution in [0.2, 0.25) is 0 Å². The highest BCUT2D eigenvalue weighted by atomic mass is 32.2. The highest BCUT2D eigenvalue weighted by Gasteiger charge is 2.20. The summed E-state index contributed by atoms with van der Waals surface area (Å²) in [7, 11) is -4.31. The van der Waals surface area contributed by atoms with Gasteiger partial charge in [-0.1, -0.05) is 0 Å². The van der Waals surface area contributed by atoms with Crippen LogP contribution < -0.4 is 0 Å². The molecular weight excluding hydrogens is 210 g/mol. The average Bonchev–Trinajstić information content (AvgIpc) is 2.14. The molecule has 84 valence electrons. The van der Waals surface area contributed by atoms with E-state index in [0.717, 1.165) is 13.1 Å². The van der Waals surface area contributed by atoms with E-state index in [2.05, 4.69) is 0 Å². The maximum absolute atomic E-state index is 10.5. The molecule has 1 aliphatic rings. The predicted octanol–water partition coefficient (Wildman–Crippen LogP) is -1.09. The first kappa shape index (κ1) is 11.9. The molecule has 1 aliphatic heterocycles. The molecule has 1 saturated heterocycles. The quantitative estimate of drug-likeness (QED) is 0.591. The fourth-order valence-corrected chi connectivity index (χ4v) is 1.67. The van der Waals surface area contributed by atoms with Crippen molar-refractivity contribution in [1.29, 1.82) is 0 Å². The van der Waals surface area contributed by atoms with E-state index in [1.807, 2.05) is 4.90 Å². The van der Waals surface area contributed by atoms with Gasteiger partial charge in [-0.05, 0) is 0 Å². The van der Waals surface area contributed by atoms with Crippen LogP contribution in [0.4, 0.5) is 0 Å². The third-order valence-corrected chi connectivity index (χ3v) is 3.06. The third kappa shape index (κ3) is 3.89. The monoisotopic (exact) mass is 225 g/mol. The molecule has 1 atom stereocenters. The second kappa shape index (κ2) is 5.04. The lowest BCUT2D eigenvalue weighted by Crippen LogP contribution is -2.38.